The Morgan fingerprint density at radius 3 is 2.28 bits per heavy atom. The fraction of sp³-hybridized carbons (Fsp3) is 0.778. The monoisotopic (exact) mass is 478 g/mol. The number of ether oxygens (including phenoxy) is 1. The van der Waals surface area contributed by atoms with E-state index in [1.54, 1.807) is 0 Å². The van der Waals surface area contributed by atoms with E-state index in [9.17, 15) is 5.11 Å². The second-order valence-electron chi connectivity index (χ2n) is 12.3. The molecule has 1 aromatic carbocycles. The van der Waals surface area contributed by atoms with Crippen molar-refractivity contribution in [3.05, 3.63) is 35.9 Å². The molecule has 0 aliphatic heterocycles. The van der Waals surface area contributed by atoms with E-state index < -0.39 is 13.9 Å². The van der Waals surface area contributed by atoms with Crippen LogP contribution in [0, 0.1) is 23.2 Å². The van der Waals surface area contributed by atoms with Crippen molar-refractivity contribution in [3.63, 3.8) is 0 Å². The highest BCUT2D eigenvalue weighted by Gasteiger charge is 2.59. The van der Waals surface area contributed by atoms with Crippen molar-refractivity contribution in [2.75, 3.05) is 13.2 Å². The van der Waals surface area contributed by atoms with Gasteiger partial charge in [0, 0.05) is 18.5 Å². The normalized spacial score (nSPS) is 30.3. The summed E-state index contributed by atoms with van der Waals surface area (Å²) in [5.74, 6) is 1.95. The van der Waals surface area contributed by atoms with Crippen LogP contribution in [-0.4, -0.2) is 37.3 Å². The summed E-state index contributed by atoms with van der Waals surface area (Å²) in [6.45, 7) is 21.9. The molecule has 0 spiro atoms. The van der Waals surface area contributed by atoms with Gasteiger partial charge in [-0.2, -0.15) is 0 Å². The van der Waals surface area contributed by atoms with Crippen LogP contribution in [0.3, 0.4) is 0 Å². The number of fused-ring (bicyclic) bond motifs is 2. The molecule has 3 nitrogen and oxygen atoms in total. The van der Waals surface area contributed by atoms with Crippen LogP contribution in [0.5, 0.6) is 0 Å². The van der Waals surface area contributed by atoms with E-state index in [1.807, 2.05) is 55.9 Å². The van der Waals surface area contributed by atoms with Gasteiger partial charge in [0.25, 0.3) is 0 Å². The van der Waals surface area contributed by atoms with Crippen molar-refractivity contribution in [2.24, 2.45) is 23.2 Å². The van der Waals surface area contributed by atoms with Crippen LogP contribution >= 0.6 is 11.8 Å². The second-order valence-corrected chi connectivity index (χ2v) is 18.4. The largest absolute Gasteiger partial charge is 0.416 e. The molecule has 3 fully saturated rings. The quantitative estimate of drug-likeness (QED) is 0.304. The van der Waals surface area contributed by atoms with Gasteiger partial charge in [0.2, 0.25) is 0 Å². The fourth-order valence-corrected chi connectivity index (χ4v) is 8.14. The molecule has 182 valence electrons. The number of aliphatic hydroxyl groups is 1. The topological polar surface area (TPSA) is 38.7 Å². The first-order valence-corrected chi connectivity index (χ1v) is 16.3. The van der Waals surface area contributed by atoms with E-state index in [1.165, 1.54) is 12.8 Å². The molecule has 2 bridgehead atoms. The molecule has 6 atom stereocenters. The van der Waals surface area contributed by atoms with Crippen LogP contribution in [0.4, 0.5) is 0 Å². The number of rotatable bonds is 9. The minimum atomic E-state index is -1.81. The smallest absolute Gasteiger partial charge is 0.191 e. The summed E-state index contributed by atoms with van der Waals surface area (Å²) in [4.78, 5) is 0. The maximum absolute atomic E-state index is 11.6. The van der Waals surface area contributed by atoms with Crippen molar-refractivity contribution in [1.82, 2.24) is 0 Å². The molecule has 0 heterocycles. The average molecular weight is 479 g/mol. The molecule has 5 heteroatoms. The zero-order chi connectivity index (χ0) is 23.9. The van der Waals surface area contributed by atoms with Crippen LogP contribution in [0.2, 0.25) is 18.1 Å². The number of hydrogen-bond donors (Lipinski definition) is 1. The van der Waals surface area contributed by atoms with Crippen molar-refractivity contribution in [3.8, 4) is 0 Å². The molecular formula is C27H46O3SSi. The summed E-state index contributed by atoms with van der Waals surface area (Å²) in [5.41, 5.74) is -0.0249. The summed E-state index contributed by atoms with van der Waals surface area (Å²) in [6.07, 6.45) is 2.51. The van der Waals surface area contributed by atoms with E-state index in [-0.39, 0.29) is 10.5 Å². The van der Waals surface area contributed by atoms with E-state index in [2.05, 4.69) is 47.7 Å². The fourth-order valence-electron chi connectivity index (χ4n) is 5.35. The van der Waals surface area contributed by atoms with E-state index in [4.69, 9.17) is 9.16 Å². The molecule has 4 rings (SSSR count). The maximum atomic E-state index is 11.6. The number of hydrogen-bond acceptors (Lipinski definition) is 4. The summed E-state index contributed by atoms with van der Waals surface area (Å²) < 4.78 is 13.0. The molecule has 0 saturated heterocycles. The Bertz CT molecular complexity index is 756. The van der Waals surface area contributed by atoms with Gasteiger partial charge in [-0.25, -0.2) is 0 Å². The van der Waals surface area contributed by atoms with Crippen molar-refractivity contribution in [2.45, 2.75) is 95.7 Å². The summed E-state index contributed by atoms with van der Waals surface area (Å²) >= 11 is 1.86. The van der Waals surface area contributed by atoms with Crippen LogP contribution < -0.4 is 0 Å². The van der Waals surface area contributed by atoms with Gasteiger partial charge in [0.15, 0.2) is 8.32 Å². The summed E-state index contributed by atoms with van der Waals surface area (Å²) in [7, 11) is -1.81. The van der Waals surface area contributed by atoms with Crippen molar-refractivity contribution < 1.29 is 14.3 Å². The van der Waals surface area contributed by atoms with Gasteiger partial charge in [0.1, 0.15) is 11.0 Å². The Morgan fingerprint density at radius 1 is 1.12 bits per heavy atom. The van der Waals surface area contributed by atoms with E-state index >= 15 is 0 Å². The molecule has 0 radical (unpaired) electrons. The lowest BCUT2D eigenvalue weighted by Crippen LogP contribution is -2.59. The minimum absolute atomic E-state index is 0.215. The van der Waals surface area contributed by atoms with Crippen molar-refractivity contribution in [1.29, 1.82) is 0 Å². The Labute approximate surface area is 202 Å². The molecule has 3 saturated carbocycles. The third-order valence-corrected chi connectivity index (χ3v) is 15.2. The van der Waals surface area contributed by atoms with E-state index in [0.29, 0.717) is 29.1 Å². The standard InChI is InChI=1S/C27H46O3SSi/c1-10-29-24(27(7,28)19-14-12-11-13-15-19)31-23-17-20-16-22(26(20,5)6)21(23)18-30-32(8,9)25(2,3)4/h11-15,20-24,28H,10,16-18H2,1-9H3/t20-,21+,22+,23+,24+,27-/m1/s1. The first-order valence-electron chi connectivity index (χ1n) is 12.4. The molecule has 1 aromatic rings. The molecule has 1 N–H and O–H groups in total. The minimum Gasteiger partial charge on any atom is -0.416 e. The molecule has 0 unspecified atom stereocenters. The lowest BCUT2D eigenvalue weighted by molar-refractivity contribution is -0.112. The third kappa shape index (κ3) is 5.02. The summed E-state index contributed by atoms with van der Waals surface area (Å²) in [6, 6.07) is 9.99. The molecule has 3 aliphatic rings. The highest BCUT2D eigenvalue weighted by atomic mass is 32.2. The number of thioether (sulfide) groups is 1. The summed E-state index contributed by atoms with van der Waals surface area (Å²) in [5, 5.41) is 12.2. The Balaban J connectivity index is 1.81. The van der Waals surface area contributed by atoms with Gasteiger partial charge in [-0.1, -0.05) is 65.0 Å². The maximum Gasteiger partial charge on any atom is 0.191 e. The van der Waals surface area contributed by atoms with Gasteiger partial charge in [-0.3, -0.25) is 0 Å². The first kappa shape index (κ1) is 26.3. The van der Waals surface area contributed by atoms with E-state index in [0.717, 1.165) is 18.1 Å². The third-order valence-electron chi connectivity index (χ3n) is 8.93. The highest BCUT2D eigenvalue weighted by molar-refractivity contribution is 8.00. The van der Waals surface area contributed by atoms with Crippen LogP contribution in [0.1, 0.15) is 66.9 Å². The molecule has 0 amide bonds. The highest BCUT2D eigenvalue weighted by Crippen LogP contribution is 2.64. The van der Waals surface area contributed by atoms with Gasteiger partial charge >= 0.3 is 0 Å². The van der Waals surface area contributed by atoms with Gasteiger partial charge in [-0.15, -0.1) is 11.8 Å². The van der Waals surface area contributed by atoms with Crippen LogP contribution in [0.25, 0.3) is 0 Å². The van der Waals surface area contributed by atoms with Crippen molar-refractivity contribution >= 4 is 20.1 Å². The number of benzene rings is 1. The van der Waals surface area contributed by atoms with Gasteiger partial charge in [0.05, 0.1) is 0 Å². The lowest BCUT2D eigenvalue weighted by atomic mass is 9.45. The SMILES string of the molecule is CCO[C@@H](S[C@H]1C[C@H]2C[C@@H]([C@@H]1CO[Si](C)(C)C(C)(C)C)C2(C)C)[C@](C)(O)c1ccccc1. The van der Waals surface area contributed by atoms with Gasteiger partial charge in [-0.05, 0) is 73.6 Å². The van der Waals surface area contributed by atoms with Gasteiger partial charge < -0.3 is 14.3 Å². The lowest BCUT2D eigenvalue weighted by Gasteiger charge is -2.63. The molecule has 0 aromatic heterocycles. The molecule has 32 heavy (non-hydrogen) atoms. The second kappa shape index (κ2) is 9.37. The first-order chi connectivity index (χ1) is 14.7. The zero-order valence-corrected chi connectivity index (χ0v) is 23.6. The molecular weight excluding hydrogens is 432 g/mol. The molecule has 3 aliphatic carbocycles. The Morgan fingerprint density at radius 2 is 1.75 bits per heavy atom. The Hall–Kier alpha value is -0.333. The average Bonchev–Trinajstić information content (AvgIpc) is 2.71. The predicted octanol–water partition coefficient (Wildman–Crippen LogP) is 7.06. The van der Waals surface area contributed by atoms with Crippen LogP contribution in [0.15, 0.2) is 30.3 Å². The predicted molar refractivity (Wildman–Crippen MR) is 139 cm³/mol. The Kier molecular flexibility index (Phi) is 7.69. The zero-order valence-electron chi connectivity index (χ0n) is 21.8. The van der Waals surface area contributed by atoms with Crippen LogP contribution in [-0.2, 0) is 14.8 Å².